The van der Waals surface area contributed by atoms with E-state index in [1.807, 2.05) is 6.92 Å². The van der Waals surface area contributed by atoms with Gasteiger partial charge in [0.05, 0.1) is 27.1 Å². The fourth-order valence-electron chi connectivity index (χ4n) is 3.47. The Balaban J connectivity index is 1.96. The molecule has 1 unspecified atom stereocenters. The van der Waals surface area contributed by atoms with Crippen molar-refractivity contribution in [2.45, 2.75) is 32.9 Å². The van der Waals surface area contributed by atoms with Crippen LogP contribution in [-0.4, -0.2) is 36.1 Å². The highest BCUT2D eigenvalue weighted by Crippen LogP contribution is 2.28. The number of amides is 1. The average molecular weight is 479 g/mol. The van der Waals surface area contributed by atoms with Crippen LogP contribution in [0.15, 0.2) is 47.3 Å². The van der Waals surface area contributed by atoms with Crippen LogP contribution < -0.4 is 14.5 Å². The van der Waals surface area contributed by atoms with E-state index in [0.29, 0.717) is 16.9 Å². The molecule has 12 heteroatoms. The topological polar surface area (TPSA) is 132 Å². The van der Waals surface area contributed by atoms with E-state index in [0.717, 1.165) is 33.5 Å². The van der Waals surface area contributed by atoms with Crippen LogP contribution in [0.5, 0.6) is 0 Å². The quantitative estimate of drug-likeness (QED) is 0.391. The lowest BCUT2D eigenvalue weighted by atomic mass is 10.1. The number of nitro benzene ring substituents is 1. The van der Waals surface area contributed by atoms with Gasteiger partial charge in [-0.2, -0.15) is 0 Å². The van der Waals surface area contributed by atoms with Gasteiger partial charge in [0.1, 0.15) is 6.04 Å². The first-order valence-electron chi connectivity index (χ1n) is 9.75. The number of carbonyl (C=O) groups is 1. The van der Waals surface area contributed by atoms with Crippen molar-refractivity contribution < 1.29 is 18.1 Å². The van der Waals surface area contributed by atoms with Crippen molar-refractivity contribution in [2.75, 3.05) is 15.9 Å². The van der Waals surface area contributed by atoms with Crippen LogP contribution in [0.1, 0.15) is 20.3 Å². The number of aryl methyl sites for hydroxylation is 1. The maximum absolute atomic E-state index is 13.1. The molecule has 0 aliphatic carbocycles. The number of sulfonamides is 1. The Morgan fingerprint density at radius 2 is 1.97 bits per heavy atom. The van der Waals surface area contributed by atoms with Crippen molar-refractivity contribution in [1.29, 1.82) is 0 Å². The molecule has 0 radical (unpaired) electrons. The number of nitrogens with one attached hydrogen (secondary N) is 1. The van der Waals surface area contributed by atoms with Gasteiger partial charge in [-0.25, -0.2) is 8.42 Å². The molecule has 10 nitrogen and oxygen atoms in total. The summed E-state index contributed by atoms with van der Waals surface area (Å²) in [7, 11) is -3.94. The Hall–Kier alpha value is -3.25. The van der Waals surface area contributed by atoms with Crippen LogP contribution in [0.4, 0.5) is 17.1 Å². The number of hydrogen-bond acceptors (Lipinski definition) is 7. The molecule has 170 valence electrons. The Kier molecular flexibility index (Phi) is 6.65. The molecular formula is C20H22N4O6S2. The molecule has 32 heavy (non-hydrogen) atoms. The molecule has 1 N–H and O–H groups in total. The molecule has 0 fully saturated rings. The standard InChI is InChI=1S/C20H22N4O6S2/c1-4-16(23(32(3,29)30)14-7-6-8-15(12-14)24(27)28)19(25)21-13-9-10-17-18(11-13)31-20(26)22(17)5-2/h6-12,16H,4-5H2,1-3H3,(H,21,25). The molecule has 0 saturated heterocycles. The third-order valence-corrected chi connectivity index (χ3v) is 7.00. The molecule has 1 aromatic heterocycles. The molecule has 0 aliphatic rings. The molecule has 0 bridgehead atoms. The second-order valence-electron chi connectivity index (χ2n) is 7.04. The summed E-state index contributed by atoms with van der Waals surface area (Å²) < 4.78 is 28.3. The molecular weight excluding hydrogens is 456 g/mol. The third kappa shape index (κ3) is 4.65. The minimum Gasteiger partial charge on any atom is -0.324 e. The number of fused-ring (bicyclic) bond motifs is 1. The Morgan fingerprint density at radius 3 is 2.56 bits per heavy atom. The number of thiazole rings is 1. The lowest BCUT2D eigenvalue weighted by molar-refractivity contribution is -0.384. The molecule has 1 heterocycles. The largest absolute Gasteiger partial charge is 0.324 e. The summed E-state index contributed by atoms with van der Waals surface area (Å²) in [5, 5.41) is 13.8. The summed E-state index contributed by atoms with van der Waals surface area (Å²) in [6.45, 7) is 4.04. The average Bonchev–Trinajstić information content (AvgIpc) is 3.04. The lowest BCUT2D eigenvalue weighted by Gasteiger charge is -2.30. The highest BCUT2D eigenvalue weighted by molar-refractivity contribution is 7.92. The maximum Gasteiger partial charge on any atom is 0.308 e. The monoisotopic (exact) mass is 478 g/mol. The third-order valence-electron chi connectivity index (χ3n) is 4.88. The van der Waals surface area contributed by atoms with Gasteiger partial charge in [-0.3, -0.25) is 28.6 Å². The van der Waals surface area contributed by atoms with E-state index in [9.17, 15) is 28.1 Å². The zero-order valence-electron chi connectivity index (χ0n) is 17.6. The van der Waals surface area contributed by atoms with E-state index in [4.69, 9.17) is 0 Å². The van der Waals surface area contributed by atoms with Gasteiger partial charge >= 0.3 is 4.87 Å². The fourth-order valence-corrected chi connectivity index (χ4v) is 5.67. The van der Waals surface area contributed by atoms with Crippen LogP contribution in [-0.2, 0) is 21.4 Å². The van der Waals surface area contributed by atoms with E-state index in [2.05, 4.69) is 5.32 Å². The van der Waals surface area contributed by atoms with Gasteiger partial charge < -0.3 is 5.32 Å². The summed E-state index contributed by atoms with van der Waals surface area (Å²) >= 11 is 1.06. The molecule has 1 atom stereocenters. The predicted molar refractivity (Wildman–Crippen MR) is 125 cm³/mol. The number of nitro groups is 1. The van der Waals surface area contributed by atoms with E-state index < -0.39 is 26.9 Å². The van der Waals surface area contributed by atoms with Crippen LogP contribution >= 0.6 is 11.3 Å². The molecule has 3 rings (SSSR count). The molecule has 0 spiro atoms. The number of carbonyl (C=O) groups excluding carboxylic acids is 1. The molecule has 3 aromatic rings. The number of nitrogens with zero attached hydrogens (tertiary/aromatic N) is 3. The number of hydrogen-bond donors (Lipinski definition) is 1. The van der Waals surface area contributed by atoms with Gasteiger partial charge in [0.25, 0.3) is 5.69 Å². The van der Waals surface area contributed by atoms with E-state index in [1.54, 1.807) is 29.7 Å². The minimum atomic E-state index is -3.94. The zero-order chi connectivity index (χ0) is 23.6. The number of rotatable bonds is 8. The van der Waals surface area contributed by atoms with Gasteiger partial charge in [-0.15, -0.1) is 0 Å². The first-order chi connectivity index (χ1) is 15.1. The van der Waals surface area contributed by atoms with Gasteiger partial charge in [0, 0.05) is 24.4 Å². The summed E-state index contributed by atoms with van der Waals surface area (Å²) in [6, 6.07) is 9.02. The van der Waals surface area contributed by atoms with Crippen LogP contribution in [0, 0.1) is 10.1 Å². The maximum atomic E-state index is 13.1. The van der Waals surface area contributed by atoms with Crippen LogP contribution in [0.3, 0.4) is 0 Å². The van der Waals surface area contributed by atoms with Crippen molar-refractivity contribution in [2.24, 2.45) is 0 Å². The first-order valence-corrected chi connectivity index (χ1v) is 12.4. The number of anilines is 2. The van der Waals surface area contributed by atoms with E-state index >= 15 is 0 Å². The van der Waals surface area contributed by atoms with Crippen molar-refractivity contribution in [3.05, 3.63) is 62.2 Å². The summed E-state index contributed by atoms with van der Waals surface area (Å²) in [5.74, 6) is -0.592. The number of non-ortho nitro benzene ring substituents is 1. The number of aromatic nitrogens is 1. The second-order valence-corrected chi connectivity index (χ2v) is 9.90. The first kappa shape index (κ1) is 23.4. The highest BCUT2D eigenvalue weighted by atomic mass is 32.2. The second kappa shape index (κ2) is 9.09. The Bertz CT molecular complexity index is 1350. The molecule has 2 aromatic carbocycles. The SMILES string of the molecule is CCC(C(=O)Nc1ccc2c(c1)sc(=O)n2CC)N(c1cccc([N+](=O)[O-])c1)S(C)(=O)=O. The Morgan fingerprint density at radius 1 is 1.25 bits per heavy atom. The normalized spacial score (nSPS) is 12.5. The highest BCUT2D eigenvalue weighted by Gasteiger charge is 2.32. The van der Waals surface area contributed by atoms with Gasteiger partial charge in [0.15, 0.2) is 0 Å². The molecule has 0 aliphatic heterocycles. The smallest absolute Gasteiger partial charge is 0.308 e. The van der Waals surface area contributed by atoms with Crippen molar-refractivity contribution in [3.8, 4) is 0 Å². The van der Waals surface area contributed by atoms with Crippen LogP contribution in [0.2, 0.25) is 0 Å². The van der Waals surface area contributed by atoms with Gasteiger partial charge in [-0.05, 0) is 37.6 Å². The molecule has 0 saturated carbocycles. The van der Waals surface area contributed by atoms with Crippen molar-refractivity contribution in [3.63, 3.8) is 0 Å². The summed E-state index contributed by atoms with van der Waals surface area (Å²) in [6.07, 6.45) is 1.07. The lowest BCUT2D eigenvalue weighted by Crippen LogP contribution is -2.47. The minimum absolute atomic E-state index is 0.0254. The number of benzene rings is 2. The molecule has 1 amide bonds. The van der Waals surface area contributed by atoms with E-state index in [1.165, 1.54) is 18.2 Å². The van der Waals surface area contributed by atoms with Gasteiger partial charge in [-0.1, -0.05) is 24.3 Å². The van der Waals surface area contributed by atoms with E-state index in [-0.39, 0.29) is 22.7 Å². The summed E-state index contributed by atoms with van der Waals surface area (Å²) in [4.78, 5) is 35.5. The van der Waals surface area contributed by atoms with Crippen LogP contribution in [0.25, 0.3) is 10.2 Å². The fraction of sp³-hybridized carbons (Fsp3) is 0.300. The summed E-state index contributed by atoms with van der Waals surface area (Å²) in [5.41, 5.74) is 0.907. The van der Waals surface area contributed by atoms with Crippen molar-refractivity contribution in [1.82, 2.24) is 4.57 Å². The van der Waals surface area contributed by atoms with Crippen molar-refractivity contribution >= 4 is 54.5 Å². The Labute approximate surface area is 188 Å². The predicted octanol–water partition coefficient (Wildman–Crippen LogP) is 3.17. The zero-order valence-corrected chi connectivity index (χ0v) is 19.3. The van der Waals surface area contributed by atoms with Gasteiger partial charge in [0.2, 0.25) is 15.9 Å².